The minimum atomic E-state index is -4.77. The van der Waals surface area contributed by atoms with Gasteiger partial charge in [0.15, 0.2) is 0 Å². The summed E-state index contributed by atoms with van der Waals surface area (Å²) in [4.78, 5) is 22.2. The highest BCUT2D eigenvalue weighted by Gasteiger charge is 2.37. The smallest absolute Gasteiger partial charge is 0.417 e. The zero-order chi connectivity index (χ0) is 50.8. The molecule has 1 aromatic heterocycles. The molecule has 14 heteroatoms. The van der Waals surface area contributed by atoms with Gasteiger partial charge in [-0.2, -0.15) is 31.6 Å². The molecule has 72 heavy (non-hydrogen) atoms. The summed E-state index contributed by atoms with van der Waals surface area (Å²) in [7, 11) is 1.36. The molecule has 0 N–H and O–H groups in total. The molecular formula is C58H54F6N4O4. The van der Waals surface area contributed by atoms with Gasteiger partial charge in [0.1, 0.15) is 23.6 Å². The molecule has 0 unspecified atom stereocenters. The average Bonchev–Trinajstić information content (AvgIpc) is 3.38. The third-order valence-corrected chi connectivity index (χ3v) is 13.3. The largest absolute Gasteiger partial charge is 0.496 e. The van der Waals surface area contributed by atoms with Crippen LogP contribution < -0.4 is 9.47 Å². The molecule has 6 aromatic rings. The number of benzene rings is 5. The van der Waals surface area contributed by atoms with Crippen molar-refractivity contribution in [2.75, 3.05) is 33.5 Å². The van der Waals surface area contributed by atoms with Crippen molar-refractivity contribution in [1.29, 1.82) is 5.26 Å². The summed E-state index contributed by atoms with van der Waals surface area (Å²) < 4.78 is 107. The summed E-state index contributed by atoms with van der Waals surface area (Å²) in [5, 5.41) is 10.1. The molecule has 5 aromatic carbocycles. The second-order valence-electron chi connectivity index (χ2n) is 18.0. The third-order valence-electron chi connectivity index (χ3n) is 13.3. The Morgan fingerprint density at radius 3 is 1.93 bits per heavy atom. The average molecular weight is 985 g/mol. The Morgan fingerprint density at radius 1 is 0.694 bits per heavy atom. The van der Waals surface area contributed by atoms with Crippen molar-refractivity contribution in [3.63, 3.8) is 0 Å². The second-order valence-corrected chi connectivity index (χ2v) is 18.0. The van der Waals surface area contributed by atoms with Crippen molar-refractivity contribution < 1.29 is 45.3 Å². The van der Waals surface area contributed by atoms with Crippen LogP contribution in [0.25, 0.3) is 46.6 Å². The first-order valence-electron chi connectivity index (χ1n) is 24.0. The van der Waals surface area contributed by atoms with E-state index in [1.807, 2.05) is 73.7 Å². The summed E-state index contributed by atoms with van der Waals surface area (Å²) in [6.45, 7) is 3.15. The zero-order valence-electron chi connectivity index (χ0n) is 40.0. The topological polar surface area (TPSA) is 87.9 Å². The normalized spacial score (nSPS) is 16.0. The number of nitriles is 1. The minimum absolute atomic E-state index is 0.0776. The van der Waals surface area contributed by atoms with Gasteiger partial charge >= 0.3 is 18.3 Å². The number of halogens is 6. The van der Waals surface area contributed by atoms with Crippen LogP contribution in [0.1, 0.15) is 94.3 Å². The first kappa shape index (κ1) is 51.2. The molecule has 0 aliphatic carbocycles. The molecule has 1 atom stereocenters. The highest BCUT2D eigenvalue weighted by Crippen LogP contribution is 2.40. The number of alkyl halides is 6. The number of aromatic nitrogens is 1. The van der Waals surface area contributed by atoms with Gasteiger partial charge in [0.25, 0.3) is 0 Å². The maximum atomic E-state index is 14.9. The molecule has 3 heterocycles. The SMILES string of the molecule is COc1cc(/C=C/c2cccc(-c3ccccc3)c2C#N)c(C(F)(F)F)cc1CN1CCCC[C@H]1C(=O)OCOc1cc(/C=C/c2nccc(-c3ccccc3)c2C)c(C(F)(F)F)cc1CN1CCCCC1. The van der Waals surface area contributed by atoms with Crippen LogP contribution in [0.3, 0.4) is 0 Å². The lowest BCUT2D eigenvalue weighted by Gasteiger charge is -2.34. The van der Waals surface area contributed by atoms with Gasteiger partial charge in [-0.25, -0.2) is 0 Å². The first-order chi connectivity index (χ1) is 34.7. The maximum Gasteiger partial charge on any atom is 0.417 e. The molecule has 8 nitrogen and oxygen atoms in total. The molecule has 2 saturated heterocycles. The number of nitrogens with zero attached hydrogens (tertiary/aromatic N) is 4. The minimum Gasteiger partial charge on any atom is -0.496 e. The van der Waals surface area contributed by atoms with E-state index >= 15 is 0 Å². The lowest BCUT2D eigenvalue weighted by molar-refractivity contribution is -0.158. The molecular weight excluding hydrogens is 931 g/mol. The number of pyridine rings is 1. The Kier molecular flexibility index (Phi) is 16.3. The van der Waals surface area contributed by atoms with E-state index in [0.29, 0.717) is 61.3 Å². The molecule has 0 saturated carbocycles. The van der Waals surface area contributed by atoms with E-state index in [-0.39, 0.29) is 46.8 Å². The molecule has 0 amide bonds. The van der Waals surface area contributed by atoms with Crippen molar-refractivity contribution in [3.8, 4) is 39.8 Å². The van der Waals surface area contributed by atoms with Crippen molar-refractivity contribution in [3.05, 3.63) is 171 Å². The Bertz CT molecular complexity index is 2960. The summed E-state index contributed by atoms with van der Waals surface area (Å²) in [5.74, 6) is -0.388. The number of methoxy groups -OCH3 is 1. The molecule has 0 spiro atoms. The molecule has 372 valence electrons. The number of piperidine rings is 2. The van der Waals surface area contributed by atoms with Gasteiger partial charge in [-0.15, -0.1) is 0 Å². The lowest BCUT2D eigenvalue weighted by atomic mass is 9.94. The van der Waals surface area contributed by atoms with Crippen LogP contribution in [0.4, 0.5) is 26.3 Å². The zero-order valence-corrected chi connectivity index (χ0v) is 40.0. The number of carbonyl (C=O) groups excluding carboxylic acids is 1. The van der Waals surface area contributed by atoms with Crippen molar-refractivity contribution >= 4 is 30.3 Å². The van der Waals surface area contributed by atoms with E-state index in [1.54, 1.807) is 35.4 Å². The number of ether oxygens (including phenoxy) is 3. The summed E-state index contributed by atoms with van der Waals surface area (Å²) in [6.07, 6.45) is 2.37. The number of likely N-dealkylation sites (tertiary alicyclic amines) is 2. The summed E-state index contributed by atoms with van der Waals surface area (Å²) in [6, 6.07) is 32.0. The van der Waals surface area contributed by atoms with Crippen LogP contribution in [0.15, 0.2) is 115 Å². The Balaban J connectivity index is 1.03. The molecule has 0 bridgehead atoms. The van der Waals surface area contributed by atoms with Crippen molar-refractivity contribution in [2.45, 2.75) is 76.9 Å². The fourth-order valence-electron chi connectivity index (χ4n) is 9.58. The maximum absolute atomic E-state index is 14.9. The fourth-order valence-corrected chi connectivity index (χ4v) is 9.58. The van der Waals surface area contributed by atoms with Gasteiger partial charge in [-0.3, -0.25) is 19.6 Å². The van der Waals surface area contributed by atoms with E-state index in [1.165, 1.54) is 37.5 Å². The number of esters is 1. The molecule has 0 radical (unpaired) electrons. The van der Waals surface area contributed by atoms with Crippen molar-refractivity contribution in [1.82, 2.24) is 14.8 Å². The molecule has 2 fully saturated rings. The van der Waals surface area contributed by atoms with E-state index < -0.39 is 42.3 Å². The van der Waals surface area contributed by atoms with Gasteiger partial charge in [-0.05, 0) is 128 Å². The Morgan fingerprint density at radius 2 is 1.29 bits per heavy atom. The fraction of sp³-hybridized carbons (Fsp3) is 0.293. The van der Waals surface area contributed by atoms with E-state index in [0.717, 1.165) is 53.6 Å². The van der Waals surface area contributed by atoms with Crippen LogP contribution in [-0.4, -0.2) is 60.3 Å². The van der Waals surface area contributed by atoms with Gasteiger partial charge in [-0.1, -0.05) is 110 Å². The molecule has 2 aliphatic heterocycles. The van der Waals surface area contributed by atoms with Crippen LogP contribution >= 0.6 is 0 Å². The van der Waals surface area contributed by atoms with E-state index in [4.69, 9.17) is 14.2 Å². The third kappa shape index (κ3) is 12.3. The number of hydrogen-bond acceptors (Lipinski definition) is 8. The van der Waals surface area contributed by atoms with Crippen molar-refractivity contribution in [2.24, 2.45) is 0 Å². The lowest BCUT2D eigenvalue weighted by Crippen LogP contribution is -2.45. The van der Waals surface area contributed by atoms with E-state index in [2.05, 4.69) is 16.0 Å². The van der Waals surface area contributed by atoms with Gasteiger partial charge < -0.3 is 14.2 Å². The summed E-state index contributed by atoms with van der Waals surface area (Å²) >= 11 is 0. The quantitative estimate of drug-likeness (QED) is 0.0435. The highest BCUT2D eigenvalue weighted by atomic mass is 19.4. The van der Waals surface area contributed by atoms with Crippen LogP contribution in [0.5, 0.6) is 11.5 Å². The van der Waals surface area contributed by atoms with Crippen LogP contribution in [-0.2, 0) is 35.0 Å². The Labute approximate surface area is 415 Å². The first-order valence-corrected chi connectivity index (χ1v) is 24.0. The predicted molar refractivity (Wildman–Crippen MR) is 267 cm³/mol. The van der Waals surface area contributed by atoms with Crippen LogP contribution in [0, 0.1) is 18.3 Å². The van der Waals surface area contributed by atoms with Gasteiger partial charge in [0, 0.05) is 36.0 Å². The Hall–Kier alpha value is -7.21. The van der Waals surface area contributed by atoms with Gasteiger partial charge in [0.2, 0.25) is 6.79 Å². The second kappa shape index (κ2) is 22.9. The number of rotatable bonds is 15. The van der Waals surface area contributed by atoms with Crippen LogP contribution in [0.2, 0.25) is 0 Å². The number of hydrogen-bond donors (Lipinski definition) is 0. The monoisotopic (exact) mass is 984 g/mol. The van der Waals surface area contributed by atoms with Gasteiger partial charge in [0.05, 0.1) is 29.5 Å². The molecule has 2 aliphatic rings. The van der Waals surface area contributed by atoms with E-state index in [9.17, 15) is 36.4 Å². The molecule has 8 rings (SSSR count). The standard InChI is InChI=1S/C58H54F6N4O4/c1-39-47(40-15-6-3-7-16-40)26-27-66-52(39)25-24-44-34-55(45(31-50(44)57(59,60)61)36-67-28-11-5-12-29-67)71-38-72-56(69)53-21-10-13-30-68(53)37-46-32-51(58(62,63)64)43(33-54(46)70-2)23-22-42-19-14-20-48(49(42)35-65)41-17-8-4-9-18-41/h3-4,6-9,14-20,22-27,31-34,53H,5,10-13,21,28-30,36-38H2,1-2H3/b23-22+,25-24+/t53-/m0/s1. The predicted octanol–water partition coefficient (Wildman–Crippen LogP) is 13.9. The number of carbonyl (C=O) groups is 1. The highest BCUT2D eigenvalue weighted by molar-refractivity contribution is 5.82. The summed E-state index contributed by atoms with van der Waals surface area (Å²) in [5.41, 5.74) is 3.70.